The Hall–Kier alpha value is -1.42. The summed E-state index contributed by atoms with van der Waals surface area (Å²) in [7, 11) is 0. The number of hydrogen-bond acceptors (Lipinski definition) is 3. The molecule has 2 aromatic rings. The Morgan fingerprint density at radius 2 is 2.21 bits per heavy atom. The molecule has 0 amide bonds. The zero-order valence-electron chi connectivity index (χ0n) is 12.0. The van der Waals surface area contributed by atoms with E-state index >= 15 is 0 Å². The van der Waals surface area contributed by atoms with Crippen molar-refractivity contribution >= 4 is 11.0 Å². The molecular formula is C15H24N4. The van der Waals surface area contributed by atoms with Gasteiger partial charge in [0.05, 0.1) is 11.7 Å². The van der Waals surface area contributed by atoms with Crippen LogP contribution in [0.5, 0.6) is 0 Å². The van der Waals surface area contributed by atoms with Crippen LogP contribution in [0.4, 0.5) is 0 Å². The lowest BCUT2D eigenvalue weighted by atomic mass is 10.0. The summed E-state index contributed by atoms with van der Waals surface area (Å²) in [4.78, 5) is 8.89. The van der Waals surface area contributed by atoms with E-state index in [2.05, 4.69) is 29.5 Å². The van der Waals surface area contributed by atoms with Crippen molar-refractivity contribution in [2.24, 2.45) is 11.7 Å². The zero-order valence-corrected chi connectivity index (χ0v) is 12.0. The van der Waals surface area contributed by atoms with Crippen molar-refractivity contribution in [3.8, 4) is 0 Å². The first-order valence-corrected chi connectivity index (χ1v) is 7.25. The fourth-order valence-corrected chi connectivity index (χ4v) is 2.50. The van der Waals surface area contributed by atoms with Gasteiger partial charge in [-0.15, -0.1) is 0 Å². The third-order valence-corrected chi connectivity index (χ3v) is 3.60. The van der Waals surface area contributed by atoms with Gasteiger partial charge >= 0.3 is 0 Å². The molecule has 104 valence electrons. The molecule has 0 spiro atoms. The van der Waals surface area contributed by atoms with E-state index in [0.29, 0.717) is 5.92 Å². The van der Waals surface area contributed by atoms with Crippen LogP contribution in [0, 0.1) is 5.92 Å². The van der Waals surface area contributed by atoms with Crippen molar-refractivity contribution in [3.63, 3.8) is 0 Å². The van der Waals surface area contributed by atoms with Gasteiger partial charge in [-0.05, 0) is 37.8 Å². The topological polar surface area (TPSA) is 56.7 Å². The molecule has 2 N–H and O–H groups in total. The highest BCUT2D eigenvalue weighted by atomic mass is 15.1. The average molecular weight is 260 g/mol. The molecule has 0 bridgehead atoms. The van der Waals surface area contributed by atoms with E-state index < -0.39 is 0 Å². The third kappa shape index (κ3) is 3.32. The summed E-state index contributed by atoms with van der Waals surface area (Å²) < 4.78 is 2.34. The van der Waals surface area contributed by atoms with Gasteiger partial charge in [-0.2, -0.15) is 0 Å². The predicted molar refractivity (Wildman–Crippen MR) is 79.0 cm³/mol. The van der Waals surface area contributed by atoms with Gasteiger partial charge < -0.3 is 10.3 Å². The molecule has 1 unspecified atom stereocenters. The third-order valence-electron chi connectivity index (χ3n) is 3.60. The molecule has 0 aromatic carbocycles. The Kier molecular flexibility index (Phi) is 4.91. The molecule has 0 radical (unpaired) electrons. The minimum Gasteiger partial charge on any atom is -0.330 e. The first-order valence-electron chi connectivity index (χ1n) is 7.25. The average Bonchev–Trinajstić information content (AvgIpc) is 2.76. The van der Waals surface area contributed by atoms with Crippen LogP contribution in [0.2, 0.25) is 0 Å². The van der Waals surface area contributed by atoms with Crippen molar-refractivity contribution in [2.75, 3.05) is 6.54 Å². The zero-order chi connectivity index (χ0) is 13.7. The second-order valence-electron chi connectivity index (χ2n) is 5.27. The molecule has 0 saturated heterocycles. The van der Waals surface area contributed by atoms with E-state index in [1.54, 1.807) is 0 Å². The minimum absolute atomic E-state index is 0.665. The van der Waals surface area contributed by atoms with Crippen LogP contribution in [-0.4, -0.2) is 21.1 Å². The Bertz CT molecular complexity index is 518. The van der Waals surface area contributed by atoms with E-state index in [4.69, 9.17) is 10.7 Å². The standard InChI is InChI=1S/C15H24N4/c1-3-10-19-14-7-9-17-11-13(14)18-15(19)5-4-12(2)6-8-16/h7,9,11-12H,3-6,8,10,16H2,1-2H3. The number of nitrogens with two attached hydrogens (primary N) is 1. The summed E-state index contributed by atoms with van der Waals surface area (Å²) in [6.07, 6.45) is 8.09. The maximum Gasteiger partial charge on any atom is 0.109 e. The van der Waals surface area contributed by atoms with E-state index in [0.717, 1.165) is 44.3 Å². The molecule has 2 rings (SSSR count). The Labute approximate surface area is 115 Å². The smallest absolute Gasteiger partial charge is 0.109 e. The molecule has 19 heavy (non-hydrogen) atoms. The number of fused-ring (bicyclic) bond motifs is 1. The number of aromatic nitrogens is 3. The molecule has 0 saturated carbocycles. The van der Waals surface area contributed by atoms with Gasteiger partial charge in [0.15, 0.2) is 0 Å². The normalized spacial score (nSPS) is 13.0. The van der Waals surface area contributed by atoms with Gasteiger partial charge in [0.1, 0.15) is 11.3 Å². The van der Waals surface area contributed by atoms with Gasteiger partial charge in [-0.25, -0.2) is 4.98 Å². The molecule has 0 aliphatic rings. The molecule has 2 aromatic heterocycles. The van der Waals surface area contributed by atoms with Crippen molar-refractivity contribution < 1.29 is 0 Å². The fourth-order valence-electron chi connectivity index (χ4n) is 2.50. The van der Waals surface area contributed by atoms with E-state index in [-0.39, 0.29) is 0 Å². The minimum atomic E-state index is 0.665. The summed E-state index contributed by atoms with van der Waals surface area (Å²) >= 11 is 0. The summed E-state index contributed by atoms with van der Waals surface area (Å²) in [6, 6.07) is 2.06. The maximum absolute atomic E-state index is 5.61. The number of pyridine rings is 1. The number of aryl methyl sites for hydroxylation is 2. The molecule has 2 heterocycles. The van der Waals surface area contributed by atoms with E-state index in [9.17, 15) is 0 Å². The molecule has 0 aliphatic carbocycles. The first kappa shape index (κ1) is 14.0. The Morgan fingerprint density at radius 3 is 2.95 bits per heavy atom. The molecule has 4 heteroatoms. The SMILES string of the molecule is CCCn1c(CCC(C)CCN)nc2cnccc21. The molecule has 0 aliphatic heterocycles. The lowest BCUT2D eigenvalue weighted by Crippen LogP contribution is -2.09. The second-order valence-corrected chi connectivity index (χ2v) is 5.27. The van der Waals surface area contributed by atoms with Gasteiger partial charge in [0, 0.05) is 19.2 Å². The summed E-state index contributed by atoms with van der Waals surface area (Å²) in [5.74, 6) is 1.85. The summed E-state index contributed by atoms with van der Waals surface area (Å²) in [5.41, 5.74) is 7.83. The summed E-state index contributed by atoms with van der Waals surface area (Å²) in [5, 5.41) is 0. The van der Waals surface area contributed by atoms with Crippen molar-refractivity contribution in [2.45, 2.75) is 46.1 Å². The predicted octanol–water partition coefficient (Wildman–Crippen LogP) is 2.76. The van der Waals surface area contributed by atoms with Gasteiger partial charge in [0.2, 0.25) is 0 Å². The number of rotatable bonds is 7. The van der Waals surface area contributed by atoms with Crippen LogP contribution >= 0.6 is 0 Å². The van der Waals surface area contributed by atoms with Crippen LogP contribution in [-0.2, 0) is 13.0 Å². The van der Waals surface area contributed by atoms with Crippen molar-refractivity contribution in [3.05, 3.63) is 24.3 Å². The molecule has 1 atom stereocenters. The van der Waals surface area contributed by atoms with Crippen LogP contribution in [0.25, 0.3) is 11.0 Å². The van der Waals surface area contributed by atoms with E-state index in [1.807, 2.05) is 12.4 Å². The summed E-state index contributed by atoms with van der Waals surface area (Å²) in [6.45, 7) is 6.27. The molecule has 4 nitrogen and oxygen atoms in total. The Morgan fingerprint density at radius 1 is 1.37 bits per heavy atom. The van der Waals surface area contributed by atoms with Crippen LogP contribution < -0.4 is 5.73 Å². The lowest BCUT2D eigenvalue weighted by Gasteiger charge is -2.11. The van der Waals surface area contributed by atoms with Gasteiger partial charge in [-0.1, -0.05) is 13.8 Å². The number of hydrogen-bond donors (Lipinski definition) is 1. The first-order chi connectivity index (χ1) is 9.26. The largest absolute Gasteiger partial charge is 0.330 e. The second kappa shape index (κ2) is 6.66. The van der Waals surface area contributed by atoms with Gasteiger partial charge in [0.25, 0.3) is 0 Å². The van der Waals surface area contributed by atoms with E-state index in [1.165, 1.54) is 11.3 Å². The molecular weight excluding hydrogens is 236 g/mol. The molecule has 0 fully saturated rings. The maximum atomic E-state index is 5.61. The van der Waals surface area contributed by atoms with Crippen LogP contribution in [0.1, 0.15) is 38.9 Å². The number of nitrogens with zero attached hydrogens (tertiary/aromatic N) is 3. The lowest BCUT2D eigenvalue weighted by molar-refractivity contribution is 0.486. The highest BCUT2D eigenvalue weighted by molar-refractivity contribution is 5.74. The van der Waals surface area contributed by atoms with Gasteiger partial charge in [-0.3, -0.25) is 4.98 Å². The van der Waals surface area contributed by atoms with Crippen LogP contribution in [0.15, 0.2) is 18.5 Å². The Balaban J connectivity index is 2.19. The quantitative estimate of drug-likeness (QED) is 0.832. The van der Waals surface area contributed by atoms with Crippen molar-refractivity contribution in [1.82, 2.24) is 14.5 Å². The highest BCUT2D eigenvalue weighted by Gasteiger charge is 2.11. The number of imidazole rings is 1. The van der Waals surface area contributed by atoms with Crippen LogP contribution in [0.3, 0.4) is 0 Å². The highest BCUT2D eigenvalue weighted by Crippen LogP contribution is 2.18. The van der Waals surface area contributed by atoms with Crippen molar-refractivity contribution in [1.29, 1.82) is 0 Å². The monoisotopic (exact) mass is 260 g/mol. The fraction of sp³-hybridized carbons (Fsp3) is 0.600.